The maximum Gasteiger partial charge on any atom is 0.335 e. The van der Waals surface area contributed by atoms with Gasteiger partial charge in [0.2, 0.25) is 0 Å². The number of ether oxygens (including phenoxy) is 3. The van der Waals surface area contributed by atoms with Gasteiger partial charge in [-0.05, 0) is 88.3 Å². The minimum absolute atomic E-state index is 0.196. The number of methoxy groups -OCH3 is 2. The van der Waals surface area contributed by atoms with Gasteiger partial charge in [-0.15, -0.1) is 0 Å². The van der Waals surface area contributed by atoms with E-state index in [2.05, 4.69) is 27.9 Å². The van der Waals surface area contributed by atoms with Gasteiger partial charge < -0.3 is 14.2 Å². The van der Waals surface area contributed by atoms with Crippen molar-refractivity contribution in [3.63, 3.8) is 0 Å². The summed E-state index contributed by atoms with van der Waals surface area (Å²) in [4.78, 5) is 39.1. The minimum Gasteiger partial charge on any atom is -0.497 e. The summed E-state index contributed by atoms with van der Waals surface area (Å²) in [5.41, 5.74) is 1.56. The van der Waals surface area contributed by atoms with E-state index in [1.807, 2.05) is 12.1 Å². The van der Waals surface area contributed by atoms with Gasteiger partial charge in [-0.2, -0.15) is 0 Å². The van der Waals surface area contributed by atoms with Crippen LogP contribution >= 0.6 is 34.2 Å². The first-order valence-corrected chi connectivity index (χ1v) is 12.1. The second-order valence-corrected chi connectivity index (χ2v) is 9.20. The fraction of sp³-hybridized carbons (Fsp3) is 0.115. The Balaban J connectivity index is 1.62. The summed E-state index contributed by atoms with van der Waals surface area (Å²) in [7, 11) is 3.01. The summed E-state index contributed by atoms with van der Waals surface area (Å²) in [6.45, 7) is 0.295. The second kappa shape index (κ2) is 11.0. The SMILES string of the molecule is COc1ccc(N2C(=O)NC(=O)C(=Cc3cc(I)c(OCc4ccc(Cl)cc4)c(OC)c3)C2=O)cc1. The highest BCUT2D eigenvalue weighted by Crippen LogP contribution is 2.35. The number of nitrogens with one attached hydrogen (secondary N) is 1. The Labute approximate surface area is 225 Å². The van der Waals surface area contributed by atoms with Gasteiger partial charge in [0.15, 0.2) is 11.5 Å². The summed E-state index contributed by atoms with van der Waals surface area (Å²) in [6, 6.07) is 16.2. The van der Waals surface area contributed by atoms with Crippen molar-refractivity contribution in [2.45, 2.75) is 6.61 Å². The van der Waals surface area contributed by atoms with Crippen LogP contribution in [0.4, 0.5) is 10.5 Å². The van der Waals surface area contributed by atoms with E-state index in [9.17, 15) is 14.4 Å². The first-order valence-electron chi connectivity index (χ1n) is 10.6. The third-order valence-corrected chi connectivity index (χ3v) is 6.34. The van der Waals surface area contributed by atoms with Crippen molar-refractivity contribution in [1.29, 1.82) is 0 Å². The Hall–Kier alpha value is -3.57. The molecule has 4 rings (SSSR count). The topological polar surface area (TPSA) is 94.2 Å². The van der Waals surface area contributed by atoms with Crippen molar-refractivity contribution in [3.05, 3.63) is 86.0 Å². The summed E-state index contributed by atoms with van der Waals surface area (Å²) in [6.07, 6.45) is 1.41. The molecular weight excluding hydrogens is 599 g/mol. The van der Waals surface area contributed by atoms with Crippen LogP contribution in [-0.4, -0.2) is 32.1 Å². The van der Waals surface area contributed by atoms with Crippen molar-refractivity contribution in [2.24, 2.45) is 0 Å². The number of rotatable bonds is 7. The van der Waals surface area contributed by atoms with Crippen molar-refractivity contribution >= 4 is 63.8 Å². The lowest BCUT2D eigenvalue weighted by Gasteiger charge is -2.26. The molecule has 0 unspecified atom stereocenters. The lowest BCUT2D eigenvalue weighted by atomic mass is 10.1. The fourth-order valence-corrected chi connectivity index (χ4v) is 4.40. The smallest absolute Gasteiger partial charge is 0.335 e. The van der Waals surface area contributed by atoms with Crippen molar-refractivity contribution in [3.8, 4) is 17.2 Å². The van der Waals surface area contributed by atoms with E-state index >= 15 is 0 Å². The average molecular weight is 619 g/mol. The molecule has 10 heteroatoms. The van der Waals surface area contributed by atoms with E-state index in [0.717, 1.165) is 10.5 Å². The Kier molecular flexibility index (Phi) is 7.80. The van der Waals surface area contributed by atoms with E-state index in [0.29, 0.717) is 43.7 Å². The molecule has 3 aromatic carbocycles. The number of amides is 4. The van der Waals surface area contributed by atoms with Crippen LogP contribution < -0.4 is 24.4 Å². The third-order valence-electron chi connectivity index (χ3n) is 5.29. The number of benzene rings is 3. The van der Waals surface area contributed by atoms with Crippen LogP contribution in [0.25, 0.3) is 6.08 Å². The molecular formula is C26H20ClIN2O6. The van der Waals surface area contributed by atoms with Gasteiger partial charge in [-0.1, -0.05) is 23.7 Å². The maximum absolute atomic E-state index is 13.2. The highest BCUT2D eigenvalue weighted by molar-refractivity contribution is 14.1. The Morgan fingerprint density at radius 3 is 2.31 bits per heavy atom. The number of carbonyl (C=O) groups is 3. The molecule has 4 amide bonds. The van der Waals surface area contributed by atoms with Gasteiger partial charge in [0, 0.05) is 5.02 Å². The van der Waals surface area contributed by atoms with Crippen molar-refractivity contribution in [2.75, 3.05) is 19.1 Å². The number of halogens is 2. The molecule has 0 saturated carbocycles. The molecule has 3 aromatic rings. The number of urea groups is 1. The number of nitrogens with zero attached hydrogens (tertiary/aromatic N) is 1. The number of hydrogen-bond donors (Lipinski definition) is 1. The average Bonchev–Trinajstić information content (AvgIpc) is 2.87. The van der Waals surface area contributed by atoms with Crippen LogP contribution in [0, 0.1) is 3.57 Å². The quantitative estimate of drug-likeness (QED) is 0.222. The van der Waals surface area contributed by atoms with Gasteiger partial charge in [-0.3, -0.25) is 14.9 Å². The molecule has 0 radical (unpaired) electrons. The minimum atomic E-state index is -0.828. The zero-order valence-corrected chi connectivity index (χ0v) is 22.1. The Bertz CT molecular complexity index is 1360. The third kappa shape index (κ3) is 5.47. The summed E-state index contributed by atoms with van der Waals surface area (Å²) in [5.74, 6) is -0.0209. The van der Waals surface area contributed by atoms with E-state index < -0.39 is 17.8 Å². The lowest BCUT2D eigenvalue weighted by molar-refractivity contribution is -0.122. The predicted molar refractivity (Wildman–Crippen MR) is 143 cm³/mol. The summed E-state index contributed by atoms with van der Waals surface area (Å²) in [5, 5.41) is 2.85. The number of imide groups is 2. The van der Waals surface area contributed by atoms with Crippen LogP contribution in [0.1, 0.15) is 11.1 Å². The molecule has 1 saturated heterocycles. The van der Waals surface area contributed by atoms with E-state index in [4.69, 9.17) is 25.8 Å². The molecule has 0 aromatic heterocycles. The lowest BCUT2D eigenvalue weighted by Crippen LogP contribution is -2.54. The van der Waals surface area contributed by atoms with Gasteiger partial charge in [0.25, 0.3) is 11.8 Å². The van der Waals surface area contributed by atoms with E-state index in [-0.39, 0.29) is 5.57 Å². The number of hydrogen-bond acceptors (Lipinski definition) is 6. The first kappa shape index (κ1) is 25.5. The van der Waals surface area contributed by atoms with Gasteiger partial charge in [0.1, 0.15) is 17.9 Å². The van der Waals surface area contributed by atoms with Crippen LogP contribution in [-0.2, 0) is 16.2 Å². The van der Waals surface area contributed by atoms with Crippen molar-refractivity contribution < 1.29 is 28.6 Å². The van der Waals surface area contributed by atoms with Crippen LogP contribution in [0.2, 0.25) is 5.02 Å². The fourth-order valence-electron chi connectivity index (χ4n) is 3.49. The zero-order valence-electron chi connectivity index (χ0n) is 19.2. The molecule has 1 aliphatic rings. The highest BCUT2D eigenvalue weighted by atomic mass is 127. The predicted octanol–water partition coefficient (Wildman–Crippen LogP) is 5.21. The van der Waals surface area contributed by atoms with Crippen LogP contribution in [0.15, 0.2) is 66.2 Å². The van der Waals surface area contributed by atoms with Crippen molar-refractivity contribution in [1.82, 2.24) is 5.32 Å². The number of carbonyl (C=O) groups excluding carboxylic acids is 3. The molecule has 36 heavy (non-hydrogen) atoms. The standard InChI is InChI=1S/C26H20ClIN2O6/c1-34-19-9-7-18(8-10-19)30-25(32)20(24(31)29-26(30)33)11-16-12-21(28)23(22(13-16)35-2)36-14-15-3-5-17(27)6-4-15/h3-13H,14H2,1-2H3,(H,29,31,33). The molecule has 1 N–H and O–H groups in total. The largest absolute Gasteiger partial charge is 0.497 e. The normalized spacial score (nSPS) is 14.6. The second-order valence-electron chi connectivity index (χ2n) is 7.61. The molecule has 184 valence electrons. The highest BCUT2D eigenvalue weighted by Gasteiger charge is 2.36. The molecule has 1 fully saturated rings. The number of barbiturate groups is 1. The summed E-state index contributed by atoms with van der Waals surface area (Å²) < 4.78 is 17.3. The van der Waals surface area contributed by atoms with Crippen LogP contribution in [0.5, 0.6) is 17.2 Å². The maximum atomic E-state index is 13.2. The Morgan fingerprint density at radius 1 is 0.972 bits per heavy atom. The molecule has 1 aliphatic heterocycles. The molecule has 0 spiro atoms. The van der Waals surface area contributed by atoms with E-state index in [1.54, 1.807) is 48.5 Å². The van der Waals surface area contributed by atoms with Crippen LogP contribution in [0.3, 0.4) is 0 Å². The number of anilines is 1. The monoisotopic (exact) mass is 618 g/mol. The van der Waals surface area contributed by atoms with Gasteiger partial charge in [0.05, 0.1) is 23.5 Å². The van der Waals surface area contributed by atoms with E-state index in [1.165, 1.54) is 20.3 Å². The molecule has 0 bridgehead atoms. The summed E-state index contributed by atoms with van der Waals surface area (Å²) >= 11 is 8.03. The molecule has 0 atom stereocenters. The van der Waals surface area contributed by atoms with Gasteiger partial charge in [-0.25, -0.2) is 9.69 Å². The van der Waals surface area contributed by atoms with Gasteiger partial charge >= 0.3 is 6.03 Å². The molecule has 1 heterocycles. The Morgan fingerprint density at radius 2 is 1.67 bits per heavy atom. The zero-order chi connectivity index (χ0) is 25.8. The molecule has 0 aliphatic carbocycles. The first-order chi connectivity index (χ1) is 17.3. The molecule has 8 nitrogen and oxygen atoms in total.